The van der Waals surface area contributed by atoms with Crippen molar-refractivity contribution in [3.05, 3.63) is 57.6 Å². The highest BCUT2D eigenvalue weighted by Gasteiger charge is 2.16. The van der Waals surface area contributed by atoms with Crippen LogP contribution in [0, 0.1) is 27.7 Å². The molecule has 0 nitrogen and oxygen atoms in total. The molecule has 106 valence electrons. The van der Waals surface area contributed by atoms with E-state index in [0.717, 1.165) is 0 Å². The SMILES string of the molecule is Cc1ccc(CCl)c(-c2c(CCl)ccc(C)c2C)c1C. The number of benzene rings is 2. The summed E-state index contributed by atoms with van der Waals surface area (Å²) in [5.74, 6) is 1.04. The first-order chi connectivity index (χ1) is 9.51. The van der Waals surface area contributed by atoms with Crippen LogP contribution >= 0.6 is 23.2 Å². The van der Waals surface area contributed by atoms with E-state index < -0.39 is 0 Å². The molecule has 2 rings (SSSR count). The number of alkyl halides is 2. The number of halogens is 2. The molecule has 0 N–H and O–H groups in total. The maximum atomic E-state index is 6.16. The van der Waals surface area contributed by atoms with Crippen molar-refractivity contribution in [1.82, 2.24) is 0 Å². The normalized spacial score (nSPS) is 10.9. The Balaban J connectivity index is 2.87. The average molecular weight is 307 g/mol. The molecule has 0 spiro atoms. The van der Waals surface area contributed by atoms with Gasteiger partial charge in [-0.15, -0.1) is 23.2 Å². The van der Waals surface area contributed by atoms with Crippen LogP contribution in [0.5, 0.6) is 0 Å². The van der Waals surface area contributed by atoms with Gasteiger partial charge in [0.15, 0.2) is 0 Å². The lowest BCUT2D eigenvalue weighted by atomic mass is 9.86. The van der Waals surface area contributed by atoms with E-state index in [1.54, 1.807) is 0 Å². The highest BCUT2D eigenvalue weighted by molar-refractivity contribution is 6.18. The number of aryl methyl sites for hydroxylation is 2. The minimum Gasteiger partial charge on any atom is -0.122 e. The van der Waals surface area contributed by atoms with Gasteiger partial charge in [-0.05, 0) is 72.2 Å². The van der Waals surface area contributed by atoms with Gasteiger partial charge in [-0.3, -0.25) is 0 Å². The number of rotatable bonds is 3. The highest BCUT2D eigenvalue weighted by atomic mass is 35.5. The first kappa shape index (κ1) is 15.4. The van der Waals surface area contributed by atoms with Crippen molar-refractivity contribution in [2.75, 3.05) is 0 Å². The Hall–Kier alpha value is -0.980. The van der Waals surface area contributed by atoms with Gasteiger partial charge in [-0.1, -0.05) is 24.3 Å². The lowest BCUT2D eigenvalue weighted by Gasteiger charge is -2.20. The van der Waals surface area contributed by atoms with E-state index in [1.807, 2.05) is 0 Å². The minimum absolute atomic E-state index is 0.519. The Morgan fingerprint density at radius 2 is 1.00 bits per heavy atom. The first-order valence-electron chi connectivity index (χ1n) is 6.81. The Labute approximate surface area is 131 Å². The molecule has 20 heavy (non-hydrogen) atoms. The lowest BCUT2D eigenvalue weighted by molar-refractivity contribution is 1.23. The van der Waals surface area contributed by atoms with Crippen LogP contribution in [0.4, 0.5) is 0 Å². The lowest BCUT2D eigenvalue weighted by Crippen LogP contribution is -2.00. The Kier molecular flexibility index (Phi) is 4.78. The third kappa shape index (κ3) is 2.60. The second kappa shape index (κ2) is 6.20. The van der Waals surface area contributed by atoms with Gasteiger partial charge >= 0.3 is 0 Å². The minimum atomic E-state index is 0.519. The van der Waals surface area contributed by atoms with Crippen LogP contribution in [0.1, 0.15) is 33.4 Å². The molecule has 0 radical (unpaired) electrons. The molecule has 0 aliphatic carbocycles. The predicted molar refractivity (Wildman–Crippen MR) is 89.9 cm³/mol. The predicted octanol–water partition coefficient (Wildman–Crippen LogP) is 6.06. The number of hydrogen-bond donors (Lipinski definition) is 0. The molecule has 0 fully saturated rings. The fourth-order valence-electron chi connectivity index (χ4n) is 2.66. The molecule has 0 amide bonds. The molecule has 0 aliphatic rings. The van der Waals surface area contributed by atoms with Crippen molar-refractivity contribution in [2.24, 2.45) is 0 Å². The quantitative estimate of drug-likeness (QED) is 0.604. The topological polar surface area (TPSA) is 0 Å². The van der Waals surface area contributed by atoms with Gasteiger partial charge in [-0.25, -0.2) is 0 Å². The maximum Gasteiger partial charge on any atom is 0.0480 e. The first-order valence-corrected chi connectivity index (χ1v) is 7.88. The van der Waals surface area contributed by atoms with Gasteiger partial charge in [0.1, 0.15) is 0 Å². The Morgan fingerprint density at radius 3 is 1.30 bits per heavy atom. The smallest absolute Gasteiger partial charge is 0.0480 e. The molecule has 0 atom stereocenters. The molecule has 0 saturated carbocycles. The third-order valence-corrected chi connectivity index (χ3v) is 4.76. The molecule has 0 saturated heterocycles. The van der Waals surface area contributed by atoms with Gasteiger partial charge in [0.25, 0.3) is 0 Å². The summed E-state index contributed by atoms with van der Waals surface area (Å²) < 4.78 is 0. The van der Waals surface area contributed by atoms with Crippen LogP contribution in [0.25, 0.3) is 11.1 Å². The fraction of sp³-hybridized carbons (Fsp3) is 0.333. The Morgan fingerprint density at radius 1 is 0.650 bits per heavy atom. The van der Waals surface area contributed by atoms with Gasteiger partial charge in [0.2, 0.25) is 0 Å². The summed E-state index contributed by atoms with van der Waals surface area (Å²) in [5, 5.41) is 0. The molecule has 0 aromatic heterocycles. The third-order valence-electron chi connectivity index (χ3n) is 4.18. The van der Waals surface area contributed by atoms with E-state index in [-0.39, 0.29) is 0 Å². The van der Waals surface area contributed by atoms with E-state index >= 15 is 0 Å². The van der Waals surface area contributed by atoms with E-state index in [0.29, 0.717) is 11.8 Å². The second-order valence-electron chi connectivity index (χ2n) is 5.35. The van der Waals surface area contributed by atoms with Crippen molar-refractivity contribution in [1.29, 1.82) is 0 Å². The van der Waals surface area contributed by atoms with Crippen molar-refractivity contribution < 1.29 is 0 Å². The molecule has 0 bridgehead atoms. The van der Waals surface area contributed by atoms with Crippen LogP contribution in [0.15, 0.2) is 24.3 Å². The summed E-state index contributed by atoms with van der Waals surface area (Å²) in [4.78, 5) is 0. The summed E-state index contributed by atoms with van der Waals surface area (Å²) in [6.07, 6.45) is 0. The molecule has 2 heteroatoms. The standard InChI is InChI=1S/C18H20Cl2/c1-11-5-7-15(9-19)17(13(11)3)18-14(4)12(2)6-8-16(18)10-20/h5-8H,9-10H2,1-4H3. The van der Waals surface area contributed by atoms with Crippen LogP contribution in [-0.2, 0) is 11.8 Å². The van der Waals surface area contributed by atoms with Gasteiger partial charge in [0.05, 0.1) is 0 Å². The number of hydrogen-bond acceptors (Lipinski definition) is 0. The zero-order chi connectivity index (χ0) is 14.9. The van der Waals surface area contributed by atoms with E-state index in [9.17, 15) is 0 Å². The summed E-state index contributed by atoms with van der Waals surface area (Å²) in [6, 6.07) is 8.54. The van der Waals surface area contributed by atoms with Crippen molar-refractivity contribution in [2.45, 2.75) is 39.5 Å². The molecule has 0 heterocycles. The molecule has 2 aromatic carbocycles. The molecule has 2 aromatic rings. The summed E-state index contributed by atoms with van der Waals surface area (Å²) in [5.41, 5.74) is 10.0. The van der Waals surface area contributed by atoms with E-state index in [4.69, 9.17) is 23.2 Å². The highest BCUT2D eigenvalue weighted by Crippen LogP contribution is 2.37. The molecule has 0 aliphatic heterocycles. The average Bonchev–Trinajstić information content (AvgIpc) is 2.45. The summed E-state index contributed by atoms with van der Waals surface area (Å²) in [6.45, 7) is 8.62. The van der Waals surface area contributed by atoms with Crippen LogP contribution in [0.2, 0.25) is 0 Å². The van der Waals surface area contributed by atoms with Crippen LogP contribution in [0.3, 0.4) is 0 Å². The van der Waals surface area contributed by atoms with E-state index in [1.165, 1.54) is 44.5 Å². The van der Waals surface area contributed by atoms with E-state index in [2.05, 4.69) is 52.0 Å². The summed E-state index contributed by atoms with van der Waals surface area (Å²) >= 11 is 12.3. The molecular weight excluding hydrogens is 287 g/mol. The van der Waals surface area contributed by atoms with Gasteiger partial charge < -0.3 is 0 Å². The maximum absolute atomic E-state index is 6.16. The monoisotopic (exact) mass is 306 g/mol. The van der Waals surface area contributed by atoms with Gasteiger partial charge in [-0.2, -0.15) is 0 Å². The van der Waals surface area contributed by atoms with Gasteiger partial charge in [0, 0.05) is 11.8 Å². The molecular formula is C18H20Cl2. The second-order valence-corrected chi connectivity index (χ2v) is 5.88. The van der Waals surface area contributed by atoms with Crippen molar-refractivity contribution in [3.63, 3.8) is 0 Å². The zero-order valence-electron chi connectivity index (χ0n) is 12.5. The van der Waals surface area contributed by atoms with Crippen LogP contribution < -0.4 is 0 Å². The summed E-state index contributed by atoms with van der Waals surface area (Å²) in [7, 11) is 0. The van der Waals surface area contributed by atoms with Crippen molar-refractivity contribution in [3.8, 4) is 11.1 Å². The zero-order valence-corrected chi connectivity index (χ0v) is 14.0. The molecule has 0 unspecified atom stereocenters. The Bertz CT molecular complexity index is 585. The largest absolute Gasteiger partial charge is 0.122 e. The fourth-order valence-corrected chi connectivity index (χ4v) is 3.11. The van der Waals surface area contributed by atoms with Crippen LogP contribution in [-0.4, -0.2) is 0 Å². The van der Waals surface area contributed by atoms with Crippen molar-refractivity contribution >= 4 is 23.2 Å².